The molecule has 1 aliphatic rings. The average Bonchev–Trinajstić information content (AvgIpc) is 2.40. The van der Waals surface area contributed by atoms with Crippen molar-refractivity contribution in [2.24, 2.45) is 0 Å². The number of hydrogen-bond donors (Lipinski definition) is 1. The number of rotatable bonds is 4. The Labute approximate surface area is 103 Å². The van der Waals surface area contributed by atoms with E-state index >= 15 is 0 Å². The zero-order valence-corrected chi connectivity index (χ0v) is 10.5. The molecule has 0 aliphatic carbocycles. The van der Waals surface area contributed by atoms with Gasteiger partial charge >= 0.3 is 0 Å². The van der Waals surface area contributed by atoms with Crippen molar-refractivity contribution in [2.45, 2.75) is 45.1 Å². The number of nitrogens with one attached hydrogen (secondary N) is 1. The summed E-state index contributed by atoms with van der Waals surface area (Å²) in [6.45, 7) is 3.15. The highest BCUT2D eigenvalue weighted by atomic mass is 16.1. The van der Waals surface area contributed by atoms with Crippen molar-refractivity contribution in [3.63, 3.8) is 0 Å². The Balaban J connectivity index is 2.03. The molecule has 92 valence electrons. The third-order valence-corrected chi connectivity index (χ3v) is 3.40. The molecule has 1 aliphatic heterocycles. The van der Waals surface area contributed by atoms with Gasteiger partial charge in [0.05, 0.1) is 6.04 Å². The van der Waals surface area contributed by atoms with Gasteiger partial charge in [0.1, 0.15) is 0 Å². The third kappa shape index (κ3) is 3.16. The van der Waals surface area contributed by atoms with Gasteiger partial charge in [-0.15, -0.1) is 0 Å². The maximum atomic E-state index is 12.2. The molecule has 0 radical (unpaired) electrons. The Hall–Kier alpha value is -1.15. The van der Waals surface area contributed by atoms with Crippen molar-refractivity contribution in [3.05, 3.63) is 35.4 Å². The Morgan fingerprint density at radius 2 is 2.06 bits per heavy atom. The fourth-order valence-corrected chi connectivity index (χ4v) is 2.40. The first-order chi connectivity index (χ1) is 8.31. The maximum absolute atomic E-state index is 12.2. The summed E-state index contributed by atoms with van der Waals surface area (Å²) in [7, 11) is 0. The molecule has 0 bridgehead atoms. The molecule has 1 atom stereocenters. The molecule has 1 aromatic rings. The van der Waals surface area contributed by atoms with Gasteiger partial charge in [-0.2, -0.15) is 0 Å². The second-order valence-corrected chi connectivity index (χ2v) is 4.81. The fourth-order valence-electron chi connectivity index (χ4n) is 2.40. The lowest BCUT2D eigenvalue weighted by atomic mass is 9.95. The van der Waals surface area contributed by atoms with Crippen LogP contribution in [0.25, 0.3) is 0 Å². The normalized spacial score (nSPS) is 20.2. The van der Waals surface area contributed by atoms with Crippen LogP contribution in [0.5, 0.6) is 0 Å². The minimum absolute atomic E-state index is 0.0424. The Bertz CT molecular complexity index is 363. The van der Waals surface area contributed by atoms with Crippen LogP contribution in [0.15, 0.2) is 24.3 Å². The predicted molar refractivity (Wildman–Crippen MR) is 70.4 cm³/mol. The van der Waals surface area contributed by atoms with Crippen molar-refractivity contribution in [3.8, 4) is 0 Å². The lowest BCUT2D eigenvalue weighted by molar-refractivity contribution is 0.0927. The van der Waals surface area contributed by atoms with E-state index in [1.165, 1.54) is 12.0 Å². The molecule has 17 heavy (non-hydrogen) atoms. The van der Waals surface area contributed by atoms with Gasteiger partial charge in [-0.05, 0) is 31.4 Å². The molecule has 1 aromatic carbocycles. The van der Waals surface area contributed by atoms with Crippen LogP contribution in [0, 0.1) is 0 Å². The molecule has 0 aromatic heterocycles. The highest BCUT2D eigenvalue weighted by Crippen LogP contribution is 2.14. The first-order valence-electron chi connectivity index (χ1n) is 6.68. The second-order valence-electron chi connectivity index (χ2n) is 4.81. The number of aryl methyl sites for hydroxylation is 1. The number of Topliss-reactive ketones (excluding diaryl/α,β-unsaturated/α-hetero) is 1. The Morgan fingerprint density at radius 1 is 1.29 bits per heavy atom. The molecule has 0 spiro atoms. The summed E-state index contributed by atoms with van der Waals surface area (Å²) < 4.78 is 0. The molecule has 1 fully saturated rings. The Morgan fingerprint density at radius 3 is 2.65 bits per heavy atom. The lowest BCUT2D eigenvalue weighted by Gasteiger charge is -2.22. The van der Waals surface area contributed by atoms with Gasteiger partial charge in [-0.1, -0.05) is 44.0 Å². The van der Waals surface area contributed by atoms with Gasteiger partial charge in [0, 0.05) is 5.56 Å². The average molecular weight is 231 g/mol. The first kappa shape index (κ1) is 12.3. The third-order valence-electron chi connectivity index (χ3n) is 3.40. The van der Waals surface area contributed by atoms with Gasteiger partial charge in [-0.25, -0.2) is 0 Å². The topological polar surface area (TPSA) is 29.1 Å². The number of carbonyl (C=O) groups excluding carboxylic acids is 1. The summed E-state index contributed by atoms with van der Waals surface area (Å²) in [5.41, 5.74) is 2.17. The van der Waals surface area contributed by atoms with Crippen molar-refractivity contribution in [2.75, 3.05) is 6.54 Å². The van der Waals surface area contributed by atoms with Crippen LogP contribution in [0.4, 0.5) is 0 Å². The minimum atomic E-state index is 0.0424. The maximum Gasteiger partial charge on any atom is 0.179 e. The molecule has 0 amide bonds. The van der Waals surface area contributed by atoms with E-state index in [-0.39, 0.29) is 11.8 Å². The van der Waals surface area contributed by atoms with Crippen LogP contribution < -0.4 is 5.32 Å². The van der Waals surface area contributed by atoms with E-state index in [2.05, 4.69) is 24.4 Å². The molecule has 2 rings (SSSR count). The van der Waals surface area contributed by atoms with E-state index in [0.29, 0.717) is 0 Å². The SMILES string of the molecule is CCCc1ccc(C(=O)C2CCCCN2)cc1. The van der Waals surface area contributed by atoms with E-state index in [4.69, 9.17) is 0 Å². The lowest BCUT2D eigenvalue weighted by Crippen LogP contribution is -2.40. The summed E-state index contributed by atoms with van der Waals surface area (Å²) in [5.74, 6) is 0.257. The summed E-state index contributed by atoms with van der Waals surface area (Å²) in [6.07, 6.45) is 5.58. The highest BCUT2D eigenvalue weighted by Gasteiger charge is 2.21. The van der Waals surface area contributed by atoms with E-state index in [1.54, 1.807) is 0 Å². The van der Waals surface area contributed by atoms with Crippen LogP contribution >= 0.6 is 0 Å². The van der Waals surface area contributed by atoms with E-state index in [9.17, 15) is 4.79 Å². The van der Waals surface area contributed by atoms with Crippen LogP contribution in [0.3, 0.4) is 0 Å². The van der Waals surface area contributed by atoms with Crippen molar-refractivity contribution < 1.29 is 4.79 Å². The quantitative estimate of drug-likeness (QED) is 0.807. The molecule has 0 saturated carbocycles. The van der Waals surface area contributed by atoms with E-state index in [1.807, 2.05) is 12.1 Å². The Kier molecular flexibility index (Phi) is 4.32. The van der Waals surface area contributed by atoms with Gasteiger partial charge in [-0.3, -0.25) is 4.79 Å². The number of carbonyl (C=O) groups is 1. The number of ketones is 1. The van der Waals surface area contributed by atoms with Crippen molar-refractivity contribution in [1.82, 2.24) is 5.32 Å². The largest absolute Gasteiger partial charge is 0.307 e. The molecule has 2 nitrogen and oxygen atoms in total. The fraction of sp³-hybridized carbons (Fsp3) is 0.533. The molecule has 2 heteroatoms. The first-order valence-corrected chi connectivity index (χ1v) is 6.68. The van der Waals surface area contributed by atoms with Crippen molar-refractivity contribution >= 4 is 5.78 Å². The van der Waals surface area contributed by atoms with Crippen molar-refractivity contribution in [1.29, 1.82) is 0 Å². The van der Waals surface area contributed by atoms with Crippen LogP contribution in [-0.4, -0.2) is 18.4 Å². The summed E-state index contributed by atoms with van der Waals surface area (Å²) in [5, 5.41) is 3.31. The molecule has 1 unspecified atom stereocenters. The standard InChI is InChI=1S/C15H21NO/c1-2-5-12-7-9-13(10-8-12)15(17)14-6-3-4-11-16-14/h7-10,14,16H,2-6,11H2,1H3. The van der Waals surface area contributed by atoms with Gasteiger partial charge in [0.2, 0.25) is 0 Å². The van der Waals surface area contributed by atoms with Crippen LogP contribution in [0.1, 0.15) is 48.5 Å². The van der Waals surface area contributed by atoms with Gasteiger partial charge < -0.3 is 5.32 Å². The smallest absolute Gasteiger partial charge is 0.179 e. The minimum Gasteiger partial charge on any atom is -0.307 e. The van der Waals surface area contributed by atoms with E-state index in [0.717, 1.165) is 37.8 Å². The summed E-state index contributed by atoms with van der Waals surface area (Å²) in [6, 6.07) is 8.16. The number of benzene rings is 1. The van der Waals surface area contributed by atoms with Gasteiger partial charge in [0.25, 0.3) is 0 Å². The van der Waals surface area contributed by atoms with Crippen LogP contribution in [0.2, 0.25) is 0 Å². The zero-order chi connectivity index (χ0) is 12.1. The highest BCUT2D eigenvalue weighted by molar-refractivity contribution is 6.00. The predicted octanol–water partition coefficient (Wildman–Crippen LogP) is 2.96. The number of piperidine rings is 1. The summed E-state index contributed by atoms with van der Waals surface area (Å²) >= 11 is 0. The molecular formula is C15H21NO. The molecule has 1 heterocycles. The summed E-state index contributed by atoms with van der Waals surface area (Å²) in [4.78, 5) is 12.2. The van der Waals surface area contributed by atoms with Crippen LogP contribution in [-0.2, 0) is 6.42 Å². The van der Waals surface area contributed by atoms with Gasteiger partial charge in [0.15, 0.2) is 5.78 Å². The van der Waals surface area contributed by atoms with E-state index < -0.39 is 0 Å². The second kappa shape index (κ2) is 5.97. The molecule has 1 N–H and O–H groups in total. The molecule has 1 saturated heterocycles. The zero-order valence-electron chi connectivity index (χ0n) is 10.5. The monoisotopic (exact) mass is 231 g/mol. The molecular weight excluding hydrogens is 210 g/mol. The number of hydrogen-bond acceptors (Lipinski definition) is 2.